The van der Waals surface area contributed by atoms with Crippen LogP contribution in [0.4, 0.5) is 0 Å². The predicted molar refractivity (Wildman–Crippen MR) is 71.0 cm³/mol. The second-order valence-corrected chi connectivity index (χ2v) is 4.79. The van der Waals surface area contributed by atoms with Crippen molar-refractivity contribution in [2.75, 3.05) is 6.54 Å². The van der Waals surface area contributed by atoms with Crippen LogP contribution in [0.25, 0.3) is 0 Å². The van der Waals surface area contributed by atoms with E-state index in [1.807, 2.05) is 32.0 Å². The summed E-state index contributed by atoms with van der Waals surface area (Å²) in [6, 6.07) is 5.78. The van der Waals surface area contributed by atoms with Crippen LogP contribution in [0, 0.1) is 5.92 Å². The van der Waals surface area contributed by atoms with E-state index < -0.39 is 6.10 Å². The van der Waals surface area contributed by atoms with Gasteiger partial charge in [-0.05, 0) is 30.9 Å². The molecule has 0 unspecified atom stereocenters. The van der Waals surface area contributed by atoms with E-state index >= 15 is 0 Å². The highest BCUT2D eigenvalue weighted by Crippen LogP contribution is 2.02. The molecule has 18 heavy (non-hydrogen) atoms. The quantitative estimate of drug-likeness (QED) is 0.771. The van der Waals surface area contributed by atoms with Crippen LogP contribution in [0.3, 0.4) is 0 Å². The third-order valence-electron chi connectivity index (χ3n) is 2.84. The Kier molecular flexibility index (Phi) is 6.36. The molecule has 0 saturated carbocycles. The Bertz CT molecular complexity index is 352. The third-order valence-corrected chi connectivity index (χ3v) is 2.84. The van der Waals surface area contributed by atoms with Crippen molar-refractivity contribution in [2.24, 2.45) is 5.92 Å². The zero-order valence-corrected chi connectivity index (χ0v) is 11.1. The first-order valence-electron chi connectivity index (χ1n) is 6.44. The Labute approximate surface area is 108 Å². The minimum Gasteiger partial charge on any atom is -0.391 e. The summed E-state index contributed by atoms with van der Waals surface area (Å²) in [6.07, 6.45) is 3.35. The van der Waals surface area contributed by atoms with Crippen molar-refractivity contribution in [2.45, 2.75) is 39.2 Å². The molecular formula is C14H22N2O2. The lowest BCUT2D eigenvalue weighted by Gasteiger charge is -2.14. The highest BCUT2D eigenvalue weighted by molar-refractivity contribution is 5.75. The zero-order valence-electron chi connectivity index (χ0n) is 11.1. The number of hydrogen-bond donors (Lipinski definition) is 2. The summed E-state index contributed by atoms with van der Waals surface area (Å²) >= 11 is 0. The number of nitrogens with one attached hydrogen (secondary N) is 1. The summed E-state index contributed by atoms with van der Waals surface area (Å²) in [6.45, 7) is 4.19. The molecule has 0 radical (unpaired) electrons. The highest BCUT2D eigenvalue weighted by Gasteiger charge is 2.10. The molecule has 1 heterocycles. The lowest BCUT2D eigenvalue weighted by molar-refractivity contribution is -0.121. The monoisotopic (exact) mass is 250 g/mol. The van der Waals surface area contributed by atoms with E-state index in [1.165, 1.54) is 0 Å². The fraction of sp³-hybridized carbons (Fsp3) is 0.571. The molecule has 1 atom stereocenters. The normalized spacial score (nSPS) is 12.4. The van der Waals surface area contributed by atoms with Gasteiger partial charge in [0.2, 0.25) is 5.91 Å². The van der Waals surface area contributed by atoms with E-state index in [4.69, 9.17) is 0 Å². The van der Waals surface area contributed by atoms with Gasteiger partial charge in [-0.25, -0.2) is 0 Å². The van der Waals surface area contributed by atoms with Gasteiger partial charge >= 0.3 is 0 Å². The van der Waals surface area contributed by atoms with E-state index in [-0.39, 0.29) is 11.8 Å². The largest absolute Gasteiger partial charge is 0.391 e. The second-order valence-electron chi connectivity index (χ2n) is 4.79. The smallest absolute Gasteiger partial charge is 0.220 e. The summed E-state index contributed by atoms with van der Waals surface area (Å²) in [5.74, 6) is 0.157. The van der Waals surface area contributed by atoms with E-state index in [2.05, 4.69) is 10.3 Å². The summed E-state index contributed by atoms with van der Waals surface area (Å²) in [4.78, 5) is 15.7. The molecule has 0 aromatic carbocycles. The average Bonchev–Trinajstić information content (AvgIpc) is 2.37. The Morgan fingerprint density at radius 2 is 2.22 bits per heavy atom. The van der Waals surface area contributed by atoms with Crippen molar-refractivity contribution in [1.82, 2.24) is 10.3 Å². The Morgan fingerprint density at radius 3 is 2.83 bits per heavy atom. The van der Waals surface area contributed by atoms with Crippen molar-refractivity contribution >= 4 is 5.91 Å². The number of rotatable bonds is 7. The maximum Gasteiger partial charge on any atom is 0.220 e. The van der Waals surface area contributed by atoms with E-state index in [0.29, 0.717) is 13.0 Å². The van der Waals surface area contributed by atoms with Crippen LogP contribution < -0.4 is 5.32 Å². The maximum atomic E-state index is 11.5. The molecule has 2 N–H and O–H groups in total. The molecule has 0 fully saturated rings. The number of aromatic nitrogens is 1. The number of pyridine rings is 1. The minimum atomic E-state index is -0.468. The van der Waals surface area contributed by atoms with Crippen LogP contribution >= 0.6 is 0 Å². The van der Waals surface area contributed by atoms with Crippen LogP contribution in [0.1, 0.15) is 32.4 Å². The maximum absolute atomic E-state index is 11.5. The lowest BCUT2D eigenvalue weighted by atomic mass is 10.1. The van der Waals surface area contributed by atoms with Gasteiger partial charge in [-0.3, -0.25) is 9.78 Å². The van der Waals surface area contributed by atoms with Crippen LogP contribution in [-0.4, -0.2) is 28.6 Å². The molecule has 1 aromatic heterocycles. The molecule has 4 heteroatoms. The minimum absolute atomic E-state index is 0.00867. The third kappa shape index (κ3) is 5.77. The number of aryl methyl sites for hydroxylation is 1. The van der Waals surface area contributed by atoms with Gasteiger partial charge < -0.3 is 10.4 Å². The number of amides is 1. The summed E-state index contributed by atoms with van der Waals surface area (Å²) in [5.41, 5.74) is 1.01. The van der Waals surface area contributed by atoms with Crippen molar-refractivity contribution in [3.63, 3.8) is 0 Å². The lowest BCUT2D eigenvalue weighted by Crippen LogP contribution is -2.34. The van der Waals surface area contributed by atoms with E-state index in [1.54, 1.807) is 6.20 Å². The molecule has 0 aliphatic carbocycles. The molecule has 0 aliphatic heterocycles. The van der Waals surface area contributed by atoms with Crippen molar-refractivity contribution in [3.8, 4) is 0 Å². The second kappa shape index (κ2) is 7.82. The van der Waals surface area contributed by atoms with Crippen LogP contribution in [0.2, 0.25) is 0 Å². The zero-order chi connectivity index (χ0) is 13.4. The van der Waals surface area contributed by atoms with Gasteiger partial charge in [0.1, 0.15) is 0 Å². The first-order valence-corrected chi connectivity index (χ1v) is 6.44. The number of hydrogen-bond acceptors (Lipinski definition) is 3. The molecule has 0 bridgehead atoms. The number of carbonyl (C=O) groups excluding carboxylic acids is 1. The van der Waals surface area contributed by atoms with Crippen LogP contribution in [0.15, 0.2) is 24.4 Å². The first kappa shape index (κ1) is 14.6. The number of aliphatic hydroxyl groups excluding tert-OH is 1. The van der Waals surface area contributed by atoms with Gasteiger partial charge in [-0.2, -0.15) is 0 Å². The topological polar surface area (TPSA) is 62.2 Å². The predicted octanol–water partition coefficient (Wildman–Crippen LogP) is 1.54. The van der Waals surface area contributed by atoms with Gasteiger partial charge in [0.05, 0.1) is 6.10 Å². The van der Waals surface area contributed by atoms with Gasteiger partial charge in [-0.1, -0.05) is 19.9 Å². The molecule has 0 spiro atoms. The fourth-order valence-electron chi connectivity index (χ4n) is 1.52. The van der Waals surface area contributed by atoms with Crippen molar-refractivity contribution in [3.05, 3.63) is 30.1 Å². The highest BCUT2D eigenvalue weighted by atomic mass is 16.3. The summed E-state index contributed by atoms with van der Waals surface area (Å²) < 4.78 is 0. The fourth-order valence-corrected chi connectivity index (χ4v) is 1.52. The van der Waals surface area contributed by atoms with Gasteiger partial charge in [-0.15, -0.1) is 0 Å². The Hall–Kier alpha value is -1.42. The molecule has 4 nitrogen and oxygen atoms in total. The molecule has 0 aliphatic rings. The van der Waals surface area contributed by atoms with E-state index in [9.17, 15) is 9.90 Å². The van der Waals surface area contributed by atoms with E-state index in [0.717, 1.165) is 18.5 Å². The molecule has 0 saturated heterocycles. The van der Waals surface area contributed by atoms with Gasteiger partial charge in [0.25, 0.3) is 0 Å². The number of nitrogens with zero attached hydrogens (tertiary/aromatic N) is 1. The van der Waals surface area contributed by atoms with Crippen molar-refractivity contribution in [1.29, 1.82) is 0 Å². The molecular weight excluding hydrogens is 228 g/mol. The molecule has 100 valence electrons. The van der Waals surface area contributed by atoms with Crippen LogP contribution in [0.5, 0.6) is 0 Å². The van der Waals surface area contributed by atoms with Crippen LogP contribution in [-0.2, 0) is 11.2 Å². The SMILES string of the molecule is CC(C)[C@H](O)CNC(=O)CCCc1ccccn1. The Balaban J connectivity index is 2.14. The van der Waals surface area contributed by atoms with Crippen molar-refractivity contribution < 1.29 is 9.90 Å². The Morgan fingerprint density at radius 1 is 1.44 bits per heavy atom. The number of aliphatic hydroxyl groups is 1. The van der Waals surface area contributed by atoms with Gasteiger partial charge in [0.15, 0.2) is 0 Å². The summed E-state index contributed by atoms with van der Waals surface area (Å²) in [5, 5.41) is 12.3. The standard InChI is InChI=1S/C14H22N2O2/c1-11(2)13(17)10-16-14(18)8-5-7-12-6-3-4-9-15-12/h3-4,6,9,11,13,17H,5,7-8,10H2,1-2H3,(H,16,18)/t13-/m1/s1. The number of carbonyl (C=O) groups is 1. The first-order chi connectivity index (χ1) is 8.59. The molecule has 1 amide bonds. The van der Waals surface area contributed by atoms with Gasteiger partial charge in [0, 0.05) is 24.9 Å². The molecule has 1 rings (SSSR count). The molecule has 1 aromatic rings. The summed E-state index contributed by atoms with van der Waals surface area (Å²) in [7, 11) is 0. The average molecular weight is 250 g/mol.